The fourth-order valence-electron chi connectivity index (χ4n) is 1.48. The summed E-state index contributed by atoms with van der Waals surface area (Å²) in [5.74, 6) is 0. The first kappa shape index (κ1) is 14.9. The molecule has 0 saturated heterocycles. The molecular formula is C11H18ClN3O3. The molecule has 1 rings (SSSR count). The van der Waals surface area contributed by atoms with Crippen LogP contribution in [0, 0.1) is 0 Å². The molecule has 0 spiro atoms. The van der Waals surface area contributed by atoms with Gasteiger partial charge >= 0.3 is 5.69 Å². The van der Waals surface area contributed by atoms with Crippen molar-refractivity contribution < 1.29 is 4.74 Å². The summed E-state index contributed by atoms with van der Waals surface area (Å²) in [7, 11) is 1.66. The highest BCUT2D eigenvalue weighted by Crippen LogP contribution is 1.97. The summed E-state index contributed by atoms with van der Waals surface area (Å²) in [6.07, 6.45) is 3.15. The highest BCUT2D eigenvalue weighted by atomic mass is 35.5. The maximum absolute atomic E-state index is 11.4. The fraction of sp³-hybridized carbons (Fsp3) is 0.636. The summed E-state index contributed by atoms with van der Waals surface area (Å²) in [5, 5.41) is 3.25. The molecule has 0 aliphatic carbocycles. The van der Waals surface area contributed by atoms with Gasteiger partial charge in [0.05, 0.1) is 6.61 Å². The van der Waals surface area contributed by atoms with Crippen LogP contribution in [0.5, 0.6) is 0 Å². The molecular weight excluding hydrogens is 258 g/mol. The molecule has 0 aliphatic rings. The number of aromatic nitrogens is 2. The Labute approximate surface area is 110 Å². The van der Waals surface area contributed by atoms with E-state index < -0.39 is 11.2 Å². The van der Waals surface area contributed by atoms with E-state index in [4.69, 9.17) is 16.3 Å². The first-order chi connectivity index (χ1) is 8.65. The Hall–Kier alpha value is -1.11. The number of hydrogen-bond acceptors (Lipinski definition) is 4. The minimum absolute atomic E-state index is 0.0350. The number of unbranched alkanes of at least 4 members (excludes halogenated alkanes) is 1. The molecule has 0 aliphatic heterocycles. The van der Waals surface area contributed by atoms with Crippen molar-refractivity contribution in [2.24, 2.45) is 0 Å². The van der Waals surface area contributed by atoms with Gasteiger partial charge in [-0.15, -0.1) is 0 Å². The molecule has 0 saturated carbocycles. The number of aryl methyl sites for hydroxylation is 1. The van der Waals surface area contributed by atoms with E-state index in [9.17, 15) is 9.59 Å². The van der Waals surface area contributed by atoms with Crippen LogP contribution in [-0.4, -0.2) is 36.4 Å². The van der Waals surface area contributed by atoms with Gasteiger partial charge in [-0.25, -0.2) is 4.79 Å². The molecule has 18 heavy (non-hydrogen) atoms. The number of ether oxygens (including phenoxy) is 1. The van der Waals surface area contributed by atoms with Crippen LogP contribution in [0.4, 0.5) is 0 Å². The number of hydrogen-bond donors (Lipinski definition) is 2. The average molecular weight is 276 g/mol. The molecule has 102 valence electrons. The minimum Gasteiger partial charge on any atom is -0.383 e. The zero-order valence-electron chi connectivity index (χ0n) is 10.4. The molecule has 0 fully saturated rings. The fourth-order valence-corrected chi connectivity index (χ4v) is 1.65. The summed E-state index contributed by atoms with van der Waals surface area (Å²) in [4.78, 5) is 24.6. The molecule has 2 N–H and O–H groups in total. The molecule has 0 bridgehead atoms. The van der Waals surface area contributed by atoms with Gasteiger partial charge in [0.1, 0.15) is 5.02 Å². The third kappa shape index (κ3) is 5.03. The van der Waals surface area contributed by atoms with Crippen molar-refractivity contribution in [2.75, 3.05) is 26.8 Å². The smallest absolute Gasteiger partial charge is 0.328 e. The van der Waals surface area contributed by atoms with Crippen LogP contribution in [0.2, 0.25) is 5.02 Å². The zero-order valence-corrected chi connectivity index (χ0v) is 11.1. The van der Waals surface area contributed by atoms with E-state index in [-0.39, 0.29) is 5.02 Å². The Morgan fingerprint density at radius 2 is 2.17 bits per heavy atom. The molecule has 0 atom stereocenters. The highest BCUT2D eigenvalue weighted by molar-refractivity contribution is 6.30. The molecule has 7 heteroatoms. The monoisotopic (exact) mass is 275 g/mol. The summed E-state index contributed by atoms with van der Waals surface area (Å²) in [5.41, 5.74) is -0.962. The van der Waals surface area contributed by atoms with Gasteiger partial charge in [0.25, 0.3) is 5.56 Å². The van der Waals surface area contributed by atoms with E-state index in [0.717, 1.165) is 25.9 Å². The Morgan fingerprint density at radius 1 is 1.39 bits per heavy atom. The van der Waals surface area contributed by atoms with Gasteiger partial charge in [-0.05, 0) is 19.4 Å². The highest BCUT2D eigenvalue weighted by Gasteiger charge is 2.01. The van der Waals surface area contributed by atoms with Crippen molar-refractivity contribution in [3.05, 3.63) is 32.1 Å². The maximum Gasteiger partial charge on any atom is 0.328 e. The quantitative estimate of drug-likeness (QED) is 0.665. The van der Waals surface area contributed by atoms with E-state index in [1.165, 1.54) is 10.8 Å². The third-order valence-electron chi connectivity index (χ3n) is 2.45. The van der Waals surface area contributed by atoms with E-state index in [1.54, 1.807) is 7.11 Å². The van der Waals surface area contributed by atoms with Gasteiger partial charge in [-0.2, -0.15) is 0 Å². The first-order valence-corrected chi connectivity index (χ1v) is 6.22. The molecule has 1 heterocycles. The summed E-state index contributed by atoms with van der Waals surface area (Å²) >= 11 is 5.65. The standard InChI is InChI=1S/C11H18ClN3O3/c1-18-7-5-13-4-2-3-6-15-8-9(12)10(16)14-11(15)17/h8,13H,2-7H2,1H3,(H,14,16,17). The second kappa shape index (κ2) is 8.07. The Bertz CT molecular complexity index is 469. The number of nitrogens with one attached hydrogen (secondary N) is 2. The molecule has 0 unspecified atom stereocenters. The van der Waals surface area contributed by atoms with Gasteiger partial charge in [-0.3, -0.25) is 14.3 Å². The molecule has 6 nitrogen and oxygen atoms in total. The van der Waals surface area contributed by atoms with Crippen LogP contribution in [0.3, 0.4) is 0 Å². The molecule has 0 amide bonds. The lowest BCUT2D eigenvalue weighted by Crippen LogP contribution is -2.30. The van der Waals surface area contributed by atoms with E-state index in [2.05, 4.69) is 10.3 Å². The summed E-state index contributed by atoms with van der Waals surface area (Å²) < 4.78 is 6.32. The van der Waals surface area contributed by atoms with Gasteiger partial charge in [0, 0.05) is 26.4 Å². The van der Waals surface area contributed by atoms with Crippen LogP contribution in [-0.2, 0) is 11.3 Å². The number of halogens is 1. The lowest BCUT2D eigenvalue weighted by molar-refractivity contribution is 0.199. The van der Waals surface area contributed by atoms with Crippen LogP contribution < -0.4 is 16.6 Å². The van der Waals surface area contributed by atoms with Crippen LogP contribution >= 0.6 is 11.6 Å². The van der Waals surface area contributed by atoms with E-state index in [0.29, 0.717) is 13.2 Å². The number of methoxy groups -OCH3 is 1. The predicted molar refractivity (Wildman–Crippen MR) is 70.3 cm³/mol. The molecule has 1 aromatic heterocycles. The van der Waals surface area contributed by atoms with Crippen molar-refractivity contribution in [2.45, 2.75) is 19.4 Å². The SMILES string of the molecule is COCCNCCCCn1cc(Cl)c(=O)[nH]c1=O. The van der Waals surface area contributed by atoms with Crippen molar-refractivity contribution in [1.29, 1.82) is 0 Å². The van der Waals surface area contributed by atoms with Gasteiger partial charge in [-0.1, -0.05) is 11.6 Å². The molecule has 1 aromatic rings. The van der Waals surface area contributed by atoms with Crippen molar-refractivity contribution in [1.82, 2.24) is 14.9 Å². The summed E-state index contributed by atoms with van der Waals surface area (Å²) in [6.45, 7) is 2.92. The second-order valence-electron chi connectivity index (χ2n) is 3.88. The lowest BCUT2D eigenvalue weighted by Gasteiger charge is -2.06. The van der Waals surface area contributed by atoms with E-state index in [1.807, 2.05) is 0 Å². The summed E-state index contributed by atoms with van der Waals surface area (Å²) in [6, 6.07) is 0. The van der Waals surface area contributed by atoms with Crippen LogP contribution in [0.1, 0.15) is 12.8 Å². The second-order valence-corrected chi connectivity index (χ2v) is 4.29. The Balaban J connectivity index is 2.30. The van der Waals surface area contributed by atoms with Gasteiger partial charge in [0.2, 0.25) is 0 Å². The van der Waals surface area contributed by atoms with Crippen molar-refractivity contribution in [3.8, 4) is 0 Å². The first-order valence-electron chi connectivity index (χ1n) is 5.84. The normalized spacial score (nSPS) is 10.8. The Morgan fingerprint density at radius 3 is 2.89 bits per heavy atom. The van der Waals surface area contributed by atoms with Crippen molar-refractivity contribution in [3.63, 3.8) is 0 Å². The zero-order chi connectivity index (χ0) is 13.4. The number of nitrogens with zero attached hydrogens (tertiary/aromatic N) is 1. The largest absolute Gasteiger partial charge is 0.383 e. The predicted octanol–water partition coefficient (Wildman–Crippen LogP) is 0.206. The van der Waals surface area contributed by atoms with Crippen LogP contribution in [0.15, 0.2) is 15.8 Å². The third-order valence-corrected chi connectivity index (χ3v) is 2.72. The molecule has 0 radical (unpaired) electrons. The number of H-pyrrole nitrogens is 1. The average Bonchev–Trinajstić information content (AvgIpc) is 2.34. The number of rotatable bonds is 8. The number of aromatic amines is 1. The topological polar surface area (TPSA) is 76.1 Å². The molecule has 0 aromatic carbocycles. The maximum atomic E-state index is 11.4. The van der Waals surface area contributed by atoms with Crippen LogP contribution in [0.25, 0.3) is 0 Å². The van der Waals surface area contributed by atoms with Crippen molar-refractivity contribution >= 4 is 11.6 Å². The lowest BCUT2D eigenvalue weighted by atomic mass is 10.3. The van der Waals surface area contributed by atoms with Gasteiger partial charge < -0.3 is 10.1 Å². The minimum atomic E-state index is -0.542. The van der Waals surface area contributed by atoms with Gasteiger partial charge in [0.15, 0.2) is 0 Å². The Kier molecular flexibility index (Phi) is 6.70. The van der Waals surface area contributed by atoms with E-state index >= 15 is 0 Å².